The Balaban J connectivity index is 0.00000171. The summed E-state index contributed by atoms with van der Waals surface area (Å²) >= 11 is -0.306. The van der Waals surface area contributed by atoms with E-state index < -0.39 is 0 Å². The topological polar surface area (TPSA) is 0 Å². The van der Waals surface area contributed by atoms with Crippen molar-refractivity contribution < 1.29 is 44.0 Å². The van der Waals surface area contributed by atoms with Crippen molar-refractivity contribution in [2.24, 2.45) is 0 Å². The molecule has 0 radical (unpaired) electrons. The summed E-state index contributed by atoms with van der Waals surface area (Å²) in [5.41, 5.74) is 11.8. The van der Waals surface area contributed by atoms with Crippen LogP contribution >= 0.6 is 7.92 Å². The van der Waals surface area contributed by atoms with Crippen molar-refractivity contribution in [2.75, 3.05) is 0 Å². The summed E-state index contributed by atoms with van der Waals surface area (Å²) in [5, 5.41) is 1.77. The molecular formula is C31H33Cl2PTi. The van der Waals surface area contributed by atoms with Gasteiger partial charge in [0.25, 0.3) is 0 Å². The maximum Gasteiger partial charge on any atom is -1.00 e. The normalized spacial score (nSPS) is 17.8. The summed E-state index contributed by atoms with van der Waals surface area (Å²) in [4.78, 5) is 0. The molecule has 0 saturated heterocycles. The molecule has 3 aromatic carbocycles. The Hall–Kier alpha value is -1.14. The van der Waals surface area contributed by atoms with Gasteiger partial charge in [0.05, 0.1) is 0 Å². The van der Waals surface area contributed by atoms with Crippen LogP contribution in [0.4, 0.5) is 0 Å². The minimum Gasteiger partial charge on any atom is -1.00 e. The zero-order chi connectivity index (χ0) is 23.1. The van der Waals surface area contributed by atoms with Gasteiger partial charge in [0.2, 0.25) is 0 Å². The Labute approximate surface area is 234 Å². The summed E-state index contributed by atoms with van der Waals surface area (Å²) in [6.45, 7) is 12.1. The largest absolute Gasteiger partial charge is 1.00 e. The SMILES string of the molecule is CC1=Cc2c(-c3ccccc3)cccc2[CH]1[Ti+2][CH]1C(P(C(C)C)C(C)C)=Cc2ccccc21.[Cl-].[Cl-]. The van der Waals surface area contributed by atoms with E-state index in [1.165, 1.54) is 22.3 Å². The molecule has 3 aromatic rings. The third kappa shape index (κ3) is 5.44. The van der Waals surface area contributed by atoms with Crippen LogP contribution < -0.4 is 24.8 Å². The Kier molecular flexibility index (Phi) is 9.70. The maximum atomic E-state index is 2.59. The number of benzene rings is 3. The first-order chi connectivity index (χ1) is 16.0. The molecule has 0 saturated carbocycles. The van der Waals surface area contributed by atoms with Gasteiger partial charge in [0, 0.05) is 0 Å². The molecular weight excluding hydrogens is 522 g/mol. The minimum absolute atomic E-state index is 0. The average molecular weight is 555 g/mol. The second-order valence-corrected chi connectivity index (χ2v) is 15.6. The molecule has 0 bridgehead atoms. The monoisotopic (exact) mass is 554 g/mol. The van der Waals surface area contributed by atoms with Gasteiger partial charge in [-0.15, -0.1) is 0 Å². The summed E-state index contributed by atoms with van der Waals surface area (Å²) < 4.78 is 1.26. The van der Waals surface area contributed by atoms with E-state index in [1.54, 1.807) is 22.0 Å². The predicted octanol–water partition coefficient (Wildman–Crippen LogP) is 3.30. The van der Waals surface area contributed by atoms with Crippen molar-refractivity contribution in [3.63, 3.8) is 0 Å². The van der Waals surface area contributed by atoms with Gasteiger partial charge < -0.3 is 24.8 Å². The van der Waals surface area contributed by atoms with E-state index in [2.05, 4.69) is 120 Å². The number of halogens is 2. The van der Waals surface area contributed by atoms with Crippen LogP contribution in [0.5, 0.6) is 0 Å². The molecule has 0 amide bonds. The van der Waals surface area contributed by atoms with E-state index in [1.807, 2.05) is 0 Å². The third-order valence-electron chi connectivity index (χ3n) is 7.01. The first-order valence-corrected chi connectivity index (χ1v) is 15.5. The molecule has 0 aliphatic heterocycles. The first-order valence-electron chi connectivity index (χ1n) is 12.2. The summed E-state index contributed by atoms with van der Waals surface area (Å²) in [5.74, 6) is 0. The fourth-order valence-corrected chi connectivity index (χ4v) is 12.6. The van der Waals surface area contributed by atoms with Gasteiger partial charge in [-0.25, -0.2) is 0 Å². The Morgan fingerprint density at radius 2 is 1.31 bits per heavy atom. The molecule has 0 fully saturated rings. The van der Waals surface area contributed by atoms with Crippen molar-refractivity contribution in [1.82, 2.24) is 0 Å². The molecule has 0 aromatic heterocycles. The molecule has 0 spiro atoms. The first kappa shape index (κ1) is 28.4. The van der Waals surface area contributed by atoms with Crippen LogP contribution in [0, 0.1) is 0 Å². The van der Waals surface area contributed by atoms with E-state index in [0.717, 1.165) is 11.3 Å². The zero-order valence-electron chi connectivity index (χ0n) is 21.1. The van der Waals surface area contributed by atoms with E-state index >= 15 is 0 Å². The van der Waals surface area contributed by atoms with E-state index in [9.17, 15) is 0 Å². The maximum absolute atomic E-state index is 2.59. The standard InChI is InChI=1S/C16H13.C15H20P.2ClH.Ti/c1-12-10-14-8-5-9-15(16(14)11-12)13-6-3-2-4-7-13;1-11(2)16(12(3)4)15-9-13-7-5-6-8-14(13)10-15;;;/h2-11H,1H3;5-12H,1-4H3;2*1H;/q;;;;+2/p-2. The second kappa shape index (κ2) is 11.9. The minimum atomic E-state index is -0.306. The predicted molar refractivity (Wildman–Crippen MR) is 143 cm³/mol. The molecule has 0 heterocycles. The fourth-order valence-electron chi connectivity index (χ4n) is 5.71. The van der Waals surface area contributed by atoms with Gasteiger partial charge in [-0.05, 0) is 0 Å². The van der Waals surface area contributed by atoms with Crippen LogP contribution in [0.15, 0.2) is 83.7 Å². The molecule has 2 aliphatic rings. The third-order valence-corrected chi connectivity index (χ3v) is 13.8. The van der Waals surface area contributed by atoms with Gasteiger partial charge in [0.15, 0.2) is 0 Å². The average Bonchev–Trinajstić information content (AvgIpc) is 3.31. The summed E-state index contributed by atoms with van der Waals surface area (Å²) in [6, 6.07) is 27.1. The smallest absolute Gasteiger partial charge is 1.00 e. The van der Waals surface area contributed by atoms with E-state index in [0.29, 0.717) is 8.45 Å². The van der Waals surface area contributed by atoms with Crippen molar-refractivity contribution in [1.29, 1.82) is 0 Å². The van der Waals surface area contributed by atoms with Crippen LogP contribution in [-0.4, -0.2) is 11.3 Å². The van der Waals surface area contributed by atoms with Crippen LogP contribution in [0.2, 0.25) is 0 Å². The Bertz CT molecular complexity index is 1220. The number of allylic oxidation sites excluding steroid dienone is 2. The Morgan fingerprint density at radius 1 is 0.686 bits per heavy atom. The van der Waals surface area contributed by atoms with Crippen molar-refractivity contribution in [3.8, 4) is 11.1 Å². The quantitative estimate of drug-likeness (QED) is 0.324. The number of rotatable bonds is 6. The molecule has 2 aliphatic carbocycles. The Morgan fingerprint density at radius 3 is 2.00 bits per heavy atom. The van der Waals surface area contributed by atoms with Crippen molar-refractivity contribution in [2.45, 2.75) is 54.4 Å². The number of hydrogen-bond acceptors (Lipinski definition) is 0. The van der Waals surface area contributed by atoms with Crippen molar-refractivity contribution in [3.05, 3.63) is 106 Å². The van der Waals surface area contributed by atoms with Crippen LogP contribution in [0.3, 0.4) is 0 Å². The van der Waals surface area contributed by atoms with Gasteiger partial charge in [-0.2, -0.15) is 0 Å². The second-order valence-electron chi connectivity index (χ2n) is 9.89. The summed E-state index contributed by atoms with van der Waals surface area (Å²) in [7, 11) is -0.137. The number of fused-ring (bicyclic) bond motifs is 2. The molecule has 0 N–H and O–H groups in total. The van der Waals surface area contributed by atoms with Crippen LogP contribution in [0.25, 0.3) is 23.3 Å². The van der Waals surface area contributed by atoms with Crippen molar-refractivity contribution >= 4 is 20.1 Å². The molecule has 5 rings (SSSR count). The van der Waals surface area contributed by atoms with E-state index in [-0.39, 0.29) is 51.9 Å². The molecule has 4 heteroatoms. The van der Waals surface area contributed by atoms with Gasteiger partial charge in [-0.3, -0.25) is 0 Å². The van der Waals surface area contributed by atoms with E-state index in [4.69, 9.17) is 0 Å². The van der Waals surface area contributed by atoms with Gasteiger partial charge in [0.1, 0.15) is 0 Å². The molecule has 35 heavy (non-hydrogen) atoms. The van der Waals surface area contributed by atoms with Gasteiger partial charge in [-0.1, -0.05) is 0 Å². The van der Waals surface area contributed by atoms with Crippen LogP contribution in [-0.2, 0) is 19.2 Å². The fraction of sp³-hybridized carbons (Fsp3) is 0.290. The van der Waals surface area contributed by atoms with Gasteiger partial charge >= 0.3 is 211 Å². The molecule has 2 unspecified atom stereocenters. The number of hydrogen-bond donors (Lipinski definition) is 0. The molecule has 2 atom stereocenters. The summed E-state index contributed by atoms with van der Waals surface area (Å²) in [6.07, 6.45) is 5.08. The molecule has 0 nitrogen and oxygen atoms in total. The molecule has 180 valence electrons. The van der Waals surface area contributed by atoms with Crippen LogP contribution in [0.1, 0.15) is 65.3 Å². The zero-order valence-corrected chi connectivity index (χ0v) is 25.1.